The van der Waals surface area contributed by atoms with Crippen LogP contribution < -0.4 is 5.32 Å². The van der Waals surface area contributed by atoms with Gasteiger partial charge < -0.3 is 10.2 Å². The van der Waals surface area contributed by atoms with Gasteiger partial charge in [0.25, 0.3) is 0 Å². The molecule has 0 unspecified atom stereocenters. The molecule has 1 aromatic carbocycles. The molecule has 0 spiro atoms. The number of rotatable bonds is 4. The minimum absolute atomic E-state index is 0.0179. The highest BCUT2D eigenvalue weighted by Crippen LogP contribution is 2.22. The molecular formula is C20H28IN3O2. The molecule has 0 saturated carbocycles. The summed E-state index contributed by atoms with van der Waals surface area (Å²) in [7, 11) is 0. The number of nitrogens with zero attached hydrogens (tertiary/aromatic N) is 2. The summed E-state index contributed by atoms with van der Waals surface area (Å²) in [4.78, 5) is 29.2. The number of hydrogen-bond acceptors (Lipinski definition) is 3. The van der Waals surface area contributed by atoms with Gasteiger partial charge in [-0.2, -0.15) is 0 Å². The number of carbonyl (C=O) groups excluding carboxylic acids is 2. The van der Waals surface area contributed by atoms with Gasteiger partial charge in [0, 0.05) is 28.3 Å². The van der Waals surface area contributed by atoms with Crippen molar-refractivity contribution in [3.8, 4) is 0 Å². The Hall–Kier alpha value is -1.15. The first-order valence-electron chi connectivity index (χ1n) is 9.68. The van der Waals surface area contributed by atoms with E-state index in [0.717, 1.165) is 61.1 Å². The Labute approximate surface area is 169 Å². The number of piperidine rings is 1. The summed E-state index contributed by atoms with van der Waals surface area (Å²) < 4.78 is 1.10. The fraction of sp³-hybridized carbons (Fsp3) is 0.600. The second kappa shape index (κ2) is 9.69. The maximum atomic E-state index is 12.7. The van der Waals surface area contributed by atoms with Crippen LogP contribution in [0.3, 0.4) is 0 Å². The largest absolute Gasteiger partial charge is 0.342 e. The van der Waals surface area contributed by atoms with Gasteiger partial charge in [0.15, 0.2) is 0 Å². The van der Waals surface area contributed by atoms with Gasteiger partial charge in [0.1, 0.15) is 0 Å². The number of hydrogen-bond donors (Lipinski definition) is 1. The molecular weight excluding hydrogens is 441 g/mol. The van der Waals surface area contributed by atoms with E-state index in [0.29, 0.717) is 12.5 Å². The lowest BCUT2D eigenvalue weighted by Gasteiger charge is -2.33. The summed E-state index contributed by atoms with van der Waals surface area (Å²) in [6.45, 7) is 3.90. The average Bonchev–Trinajstić information content (AvgIpc) is 2.91. The maximum Gasteiger partial charge on any atom is 0.238 e. The number of amides is 2. The van der Waals surface area contributed by atoms with Gasteiger partial charge in [-0.1, -0.05) is 18.9 Å². The fourth-order valence-corrected chi connectivity index (χ4v) is 4.40. The summed E-state index contributed by atoms with van der Waals surface area (Å²) in [5.41, 5.74) is 0.841. The molecule has 2 aliphatic rings. The minimum Gasteiger partial charge on any atom is -0.342 e. The summed E-state index contributed by atoms with van der Waals surface area (Å²) >= 11 is 2.24. The molecule has 2 heterocycles. The van der Waals surface area contributed by atoms with Crippen LogP contribution in [0.2, 0.25) is 0 Å². The number of carbonyl (C=O) groups is 2. The van der Waals surface area contributed by atoms with Crippen LogP contribution in [-0.4, -0.2) is 54.3 Å². The van der Waals surface area contributed by atoms with Crippen molar-refractivity contribution < 1.29 is 9.59 Å². The molecule has 2 amide bonds. The average molecular weight is 469 g/mol. The molecule has 0 atom stereocenters. The van der Waals surface area contributed by atoms with E-state index in [2.05, 4.69) is 37.7 Å². The van der Waals surface area contributed by atoms with Crippen molar-refractivity contribution in [3.63, 3.8) is 0 Å². The van der Waals surface area contributed by atoms with Crippen LogP contribution in [-0.2, 0) is 9.59 Å². The molecule has 3 rings (SSSR count). The normalized spacial score (nSPS) is 19.8. The summed E-state index contributed by atoms with van der Waals surface area (Å²) in [5, 5.41) is 2.96. The molecule has 0 bridgehead atoms. The lowest BCUT2D eigenvalue weighted by molar-refractivity contribution is -0.137. The van der Waals surface area contributed by atoms with Crippen LogP contribution >= 0.6 is 22.6 Å². The molecule has 1 N–H and O–H groups in total. The molecule has 0 radical (unpaired) electrons. The number of likely N-dealkylation sites (tertiary alicyclic amines) is 2. The predicted octanol–water partition coefficient (Wildman–Crippen LogP) is 3.34. The monoisotopic (exact) mass is 469 g/mol. The van der Waals surface area contributed by atoms with E-state index in [9.17, 15) is 9.59 Å². The lowest BCUT2D eigenvalue weighted by atomic mass is 9.95. The van der Waals surface area contributed by atoms with Crippen molar-refractivity contribution in [2.75, 3.05) is 38.0 Å². The third kappa shape index (κ3) is 5.67. The third-order valence-electron chi connectivity index (χ3n) is 5.33. The third-order valence-corrected chi connectivity index (χ3v) is 6.00. The highest BCUT2D eigenvalue weighted by molar-refractivity contribution is 14.1. The molecule has 0 aromatic heterocycles. The molecule has 1 aromatic rings. The first-order chi connectivity index (χ1) is 12.6. The van der Waals surface area contributed by atoms with Crippen LogP contribution in [0.25, 0.3) is 0 Å². The number of nitrogens with one attached hydrogen (secondary N) is 1. The number of halogens is 1. The molecule has 142 valence electrons. The molecule has 2 saturated heterocycles. The number of benzene rings is 1. The van der Waals surface area contributed by atoms with Gasteiger partial charge in [0.05, 0.1) is 6.54 Å². The van der Waals surface area contributed by atoms with Crippen LogP contribution in [0, 0.1) is 9.49 Å². The topological polar surface area (TPSA) is 52.7 Å². The predicted molar refractivity (Wildman–Crippen MR) is 112 cm³/mol. The smallest absolute Gasteiger partial charge is 0.238 e. The summed E-state index contributed by atoms with van der Waals surface area (Å²) in [6.07, 6.45) is 6.51. The van der Waals surface area contributed by atoms with Gasteiger partial charge >= 0.3 is 0 Å². The zero-order valence-electron chi connectivity index (χ0n) is 15.3. The van der Waals surface area contributed by atoms with Crippen molar-refractivity contribution in [2.24, 2.45) is 5.92 Å². The molecule has 2 aliphatic heterocycles. The Morgan fingerprint density at radius 1 is 1.04 bits per heavy atom. The van der Waals surface area contributed by atoms with E-state index in [1.807, 2.05) is 24.3 Å². The lowest BCUT2D eigenvalue weighted by Crippen LogP contribution is -2.44. The van der Waals surface area contributed by atoms with Crippen LogP contribution in [0.15, 0.2) is 24.3 Å². The quantitative estimate of drug-likeness (QED) is 0.689. The molecule has 5 nitrogen and oxygen atoms in total. The van der Waals surface area contributed by atoms with E-state index in [1.165, 1.54) is 12.8 Å². The van der Waals surface area contributed by atoms with Gasteiger partial charge in [-0.05, 0) is 79.6 Å². The second-order valence-electron chi connectivity index (χ2n) is 7.35. The van der Waals surface area contributed by atoms with Crippen molar-refractivity contribution in [1.29, 1.82) is 0 Å². The first-order valence-corrected chi connectivity index (χ1v) is 10.8. The van der Waals surface area contributed by atoms with Gasteiger partial charge in [0.2, 0.25) is 11.8 Å². The zero-order chi connectivity index (χ0) is 18.4. The molecule has 6 heteroatoms. The van der Waals surface area contributed by atoms with Crippen LogP contribution in [0.5, 0.6) is 0 Å². The number of anilines is 1. The highest BCUT2D eigenvalue weighted by atomic mass is 127. The second-order valence-corrected chi connectivity index (χ2v) is 8.59. The maximum absolute atomic E-state index is 12.7. The Balaban J connectivity index is 1.43. The van der Waals surface area contributed by atoms with E-state index < -0.39 is 0 Å². The molecule has 26 heavy (non-hydrogen) atoms. The Morgan fingerprint density at radius 3 is 2.38 bits per heavy atom. The Morgan fingerprint density at radius 2 is 1.73 bits per heavy atom. The van der Waals surface area contributed by atoms with Gasteiger partial charge in [-0.3, -0.25) is 14.5 Å². The molecule has 0 aliphatic carbocycles. The van der Waals surface area contributed by atoms with Crippen LogP contribution in [0.4, 0.5) is 5.69 Å². The minimum atomic E-state index is 0.0179. The SMILES string of the molecule is O=C(CN1CCC(C(=O)N2CCCCCC2)CC1)Nc1cccc(I)c1. The highest BCUT2D eigenvalue weighted by Gasteiger charge is 2.29. The first kappa shape index (κ1) is 19.6. The summed E-state index contributed by atoms with van der Waals surface area (Å²) in [6, 6.07) is 7.82. The zero-order valence-corrected chi connectivity index (χ0v) is 17.4. The Kier molecular flexibility index (Phi) is 7.31. The van der Waals surface area contributed by atoms with Crippen LogP contribution in [0.1, 0.15) is 38.5 Å². The van der Waals surface area contributed by atoms with E-state index in [4.69, 9.17) is 0 Å². The van der Waals surface area contributed by atoms with E-state index >= 15 is 0 Å². The molecule has 2 fully saturated rings. The van der Waals surface area contributed by atoms with Gasteiger partial charge in [-0.25, -0.2) is 0 Å². The van der Waals surface area contributed by atoms with Gasteiger partial charge in [-0.15, -0.1) is 0 Å². The van der Waals surface area contributed by atoms with Crippen molar-refractivity contribution in [3.05, 3.63) is 27.8 Å². The van der Waals surface area contributed by atoms with Crippen molar-refractivity contribution >= 4 is 40.1 Å². The van der Waals surface area contributed by atoms with Crippen molar-refractivity contribution in [1.82, 2.24) is 9.80 Å². The standard InChI is InChI=1S/C20H28IN3O2/c21-17-6-5-7-18(14-17)22-19(25)15-23-12-8-16(9-13-23)20(26)24-10-3-1-2-4-11-24/h5-7,14,16H,1-4,8-13,15H2,(H,22,25). The van der Waals surface area contributed by atoms with E-state index in [-0.39, 0.29) is 11.8 Å². The fourth-order valence-electron chi connectivity index (χ4n) is 3.86. The van der Waals surface area contributed by atoms with Crippen molar-refractivity contribution in [2.45, 2.75) is 38.5 Å². The van der Waals surface area contributed by atoms with E-state index in [1.54, 1.807) is 0 Å². The Bertz CT molecular complexity index is 621. The summed E-state index contributed by atoms with van der Waals surface area (Å²) in [5.74, 6) is 0.502.